The predicted molar refractivity (Wildman–Crippen MR) is 30.3 cm³/mol. The third kappa shape index (κ3) is 0.767. The Kier molecular flexibility index (Phi) is 1.65. The van der Waals surface area contributed by atoms with Crippen molar-refractivity contribution in [1.82, 2.24) is 0 Å². The van der Waals surface area contributed by atoms with Crippen LogP contribution in [0.5, 0.6) is 0 Å². The van der Waals surface area contributed by atoms with Crippen molar-refractivity contribution in [2.24, 2.45) is 11.8 Å². The number of aliphatic hydroxyl groups excluding tert-OH is 2. The van der Waals surface area contributed by atoms with E-state index >= 15 is 0 Å². The Balaban J connectivity index is 2.30. The molecule has 0 aromatic heterocycles. The molecule has 0 radical (unpaired) electrons. The van der Waals surface area contributed by atoms with Gasteiger partial charge in [-0.15, -0.1) is 0 Å². The van der Waals surface area contributed by atoms with Gasteiger partial charge in [-0.2, -0.15) is 0 Å². The maximum atomic E-state index is 8.53. The van der Waals surface area contributed by atoms with E-state index in [9.17, 15) is 0 Å². The average molecular weight is 114 g/mol. The van der Waals surface area contributed by atoms with Crippen molar-refractivity contribution < 1.29 is 10.2 Å². The molecule has 2 unspecified atom stereocenters. The minimum Gasteiger partial charge on any atom is -0.396 e. The average Bonchev–Trinajstić information content (AvgIpc) is 1.66. The van der Waals surface area contributed by atoms with Crippen LogP contribution >= 0.6 is 0 Å². The highest BCUT2D eigenvalue weighted by molar-refractivity contribution is 5.08. The first kappa shape index (κ1) is 5.79. The van der Waals surface area contributed by atoms with Gasteiger partial charge in [-0.05, 0) is 0 Å². The summed E-state index contributed by atoms with van der Waals surface area (Å²) < 4.78 is 0. The second-order valence-corrected chi connectivity index (χ2v) is 2.08. The molecule has 0 bridgehead atoms. The Bertz CT molecular complexity index is 86.7. The molecule has 0 aromatic rings. The van der Waals surface area contributed by atoms with Crippen molar-refractivity contribution in [2.45, 2.75) is 0 Å². The van der Waals surface area contributed by atoms with Crippen molar-refractivity contribution in [3.05, 3.63) is 12.2 Å². The largest absolute Gasteiger partial charge is 0.396 e. The van der Waals surface area contributed by atoms with Crippen LogP contribution in [0.3, 0.4) is 0 Å². The van der Waals surface area contributed by atoms with Crippen LogP contribution < -0.4 is 0 Å². The van der Waals surface area contributed by atoms with E-state index in [2.05, 4.69) is 0 Å². The van der Waals surface area contributed by atoms with Crippen LogP contribution in [-0.2, 0) is 0 Å². The zero-order valence-electron chi connectivity index (χ0n) is 4.62. The summed E-state index contributed by atoms with van der Waals surface area (Å²) in [6.45, 7) is 0.337. The van der Waals surface area contributed by atoms with Crippen molar-refractivity contribution in [3.8, 4) is 0 Å². The van der Waals surface area contributed by atoms with E-state index in [0.29, 0.717) is 0 Å². The summed E-state index contributed by atoms with van der Waals surface area (Å²) in [6.07, 6.45) is 3.84. The van der Waals surface area contributed by atoms with Gasteiger partial charge in [0, 0.05) is 25.0 Å². The lowest BCUT2D eigenvalue weighted by atomic mass is 9.84. The number of hydrogen-bond acceptors (Lipinski definition) is 2. The fraction of sp³-hybridized carbons (Fsp3) is 0.667. The summed E-state index contributed by atoms with van der Waals surface area (Å²) in [6, 6.07) is 0. The fourth-order valence-corrected chi connectivity index (χ4v) is 0.818. The lowest BCUT2D eigenvalue weighted by Gasteiger charge is -2.25. The molecule has 0 heterocycles. The number of rotatable bonds is 2. The van der Waals surface area contributed by atoms with Gasteiger partial charge in [0.25, 0.3) is 0 Å². The van der Waals surface area contributed by atoms with E-state index in [0.717, 1.165) is 0 Å². The molecule has 2 nitrogen and oxygen atoms in total. The first-order valence-corrected chi connectivity index (χ1v) is 2.78. The summed E-state index contributed by atoms with van der Waals surface area (Å²) in [5, 5.41) is 17.1. The van der Waals surface area contributed by atoms with E-state index in [1.807, 2.05) is 12.2 Å². The van der Waals surface area contributed by atoms with Gasteiger partial charge in [-0.25, -0.2) is 0 Å². The van der Waals surface area contributed by atoms with Gasteiger partial charge in [0.1, 0.15) is 0 Å². The summed E-state index contributed by atoms with van der Waals surface area (Å²) in [4.78, 5) is 0. The predicted octanol–water partition coefficient (Wildman–Crippen LogP) is -0.227. The molecule has 1 aliphatic carbocycles. The van der Waals surface area contributed by atoms with Crippen LogP contribution in [0.4, 0.5) is 0 Å². The van der Waals surface area contributed by atoms with E-state index in [1.54, 1.807) is 0 Å². The number of aliphatic hydroxyl groups is 2. The van der Waals surface area contributed by atoms with Crippen LogP contribution in [0, 0.1) is 11.8 Å². The summed E-state index contributed by atoms with van der Waals surface area (Å²) >= 11 is 0. The van der Waals surface area contributed by atoms with Crippen LogP contribution in [0.15, 0.2) is 12.2 Å². The molecule has 2 heteroatoms. The van der Waals surface area contributed by atoms with Crippen molar-refractivity contribution >= 4 is 0 Å². The minimum atomic E-state index is 0.168. The first-order valence-electron chi connectivity index (χ1n) is 2.78. The Labute approximate surface area is 48.5 Å². The van der Waals surface area contributed by atoms with Crippen molar-refractivity contribution in [3.63, 3.8) is 0 Å². The summed E-state index contributed by atoms with van der Waals surface area (Å²) in [7, 11) is 0. The molecule has 8 heavy (non-hydrogen) atoms. The highest BCUT2D eigenvalue weighted by Crippen LogP contribution is 2.23. The van der Waals surface area contributed by atoms with Crippen LogP contribution in [-0.4, -0.2) is 23.4 Å². The number of hydrogen-bond donors (Lipinski definition) is 2. The molecular weight excluding hydrogens is 104 g/mol. The van der Waals surface area contributed by atoms with Gasteiger partial charge in [0.2, 0.25) is 0 Å². The van der Waals surface area contributed by atoms with Crippen LogP contribution in [0.2, 0.25) is 0 Å². The molecule has 46 valence electrons. The third-order valence-electron chi connectivity index (χ3n) is 1.58. The van der Waals surface area contributed by atoms with E-state index in [1.165, 1.54) is 0 Å². The normalized spacial score (nSPS) is 34.8. The summed E-state index contributed by atoms with van der Waals surface area (Å²) in [5.74, 6) is 0.444. The van der Waals surface area contributed by atoms with E-state index in [4.69, 9.17) is 10.2 Å². The molecule has 0 saturated heterocycles. The lowest BCUT2D eigenvalue weighted by molar-refractivity contribution is 0.154. The topological polar surface area (TPSA) is 40.5 Å². The van der Waals surface area contributed by atoms with Gasteiger partial charge >= 0.3 is 0 Å². The summed E-state index contributed by atoms with van der Waals surface area (Å²) in [5.41, 5.74) is 0. The Morgan fingerprint density at radius 3 is 1.50 bits per heavy atom. The molecule has 2 atom stereocenters. The standard InChI is InChI=1S/C6H10O2/c7-3-5-1-2-6(5)4-8/h1-2,5-8H,3-4H2. The zero-order chi connectivity index (χ0) is 5.98. The van der Waals surface area contributed by atoms with Crippen LogP contribution in [0.1, 0.15) is 0 Å². The SMILES string of the molecule is OCC1C=CC1CO. The van der Waals surface area contributed by atoms with Gasteiger partial charge in [0.15, 0.2) is 0 Å². The molecule has 1 rings (SSSR count). The molecule has 2 N–H and O–H groups in total. The van der Waals surface area contributed by atoms with Crippen LogP contribution in [0.25, 0.3) is 0 Å². The van der Waals surface area contributed by atoms with Gasteiger partial charge in [0.05, 0.1) is 0 Å². The highest BCUT2D eigenvalue weighted by atomic mass is 16.3. The molecule has 0 fully saturated rings. The molecule has 0 aromatic carbocycles. The van der Waals surface area contributed by atoms with E-state index < -0.39 is 0 Å². The molecular formula is C6H10O2. The first-order chi connectivity index (χ1) is 3.88. The van der Waals surface area contributed by atoms with Crippen molar-refractivity contribution in [2.75, 3.05) is 13.2 Å². The van der Waals surface area contributed by atoms with Gasteiger partial charge in [-0.3, -0.25) is 0 Å². The molecule has 0 aliphatic heterocycles. The second-order valence-electron chi connectivity index (χ2n) is 2.08. The Morgan fingerprint density at radius 2 is 1.38 bits per heavy atom. The lowest BCUT2D eigenvalue weighted by Crippen LogP contribution is -2.24. The van der Waals surface area contributed by atoms with Crippen molar-refractivity contribution in [1.29, 1.82) is 0 Å². The fourth-order valence-electron chi connectivity index (χ4n) is 0.818. The maximum absolute atomic E-state index is 8.53. The molecule has 0 amide bonds. The van der Waals surface area contributed by atoms with Gasteiger partial charge < -0.3 is 10.2 Å². The molecule has 0 spiro atoms. The van der Waals surface area contributed by atoms with Gasteiger partial charge in [-0.1, -0.05) is 12.2 Å². The Morgan fingerprint density at radius 1 is 1.00 bits per heavy atom. The minimum absolute atomic E-state index is 0.168. The van der Waals surface area contributed by atoms with E-state index in [-0.39, 0.29) is 25.0 Å². The Hall–Kier alpha value is -0.340. The highest BCUT2D eigenvalue weighted by Gasteiger charge is 2.21. The zero-order valence-corrected chi connectivity index (χ0v) is 4.62. The second kappa shape index (κ2) is 2.29. The third-order valence-corrected chi connectivity index (χ3v) is 1.58. The quantitative estimate of drug-likeness (QED) is 0.487. The molecule has 0 saturated carbocycles. The molecule has 1 aliphatic rings. The smallest absolute Gasteiger partial charge is 0.0500 e. The maximum Gasteiger partial charge on any atom is 0.0500 e. The monoisotopic (exact) mass is 114 g/mol.